The first-order valence-corrected chi connectivity index (χ1v) is 6.12. The normalized spacial score (nSPS) is 9.93. The van der Waals surface area contributed by atoms with E-state index in [-0.39, 0.29) is 0 Å². The van der Waals surface area contributed by atoms with Gasteiger partial charge in [-0.05, 0) is 18.6 Å². The van der Waals surface area contributed by atoms with Gasteiger partial charge in [-0.15, -0.1) is 0 Å². The second-order valence-electron chi connectivity index (χ2n) is 3.70. The molecule has 1 aromatic rings. The van der Waals surface area contributed by atoms with Gasteiger partial charge in [0.05, 0.1) is 5.49 Å². The smallest absolute Gasteiger partial charge is 0.0685 e. The summed E-state index contributed by atoms with van der Waals surface area (Å²) in [5.41, 5.74) is 2.95. The Balaban J connectivity index is 2.39. The zero-order valence-corrected chi connectivity index (χ0v) is 10.2. The van der Waals surface area contributed by atoms with Gasteiger partial charge in [0, 0.05) is 12.2 Å². The van der Waals surface area contributed by atoms with Crippen LogP contribution in [0.4, 0.5) is 5.69 Å². The largest absolute Gasteiger partial charge is 0.339 e. The predicted octanol–water partition coefficient (Wildman–Crippen LogP) is 4.03. The molecule has 0 spiro atoms. The van der Waals surface area contributed by atoms with Gasteiger partial charge in [-0.1, -0.05) is 56.6 Å². The van der Waals surface area contributed by atoms with Crippen LogP contribution in [0.5, 0.6) is 0 Å². The van der Waals surface area contributed by atoms with E-state index in [0.29, 0.717) is 0 Å². The third-order valence-corrected chi connectivity index (χ3v) is 2.72. The van der Waals surface area contributed by atoms with Crippen LogP contribution < -0.4 is 4.90 Å². The fraction of sp³-hybridized carbons (Fsp3) is 0.462. The lowest BCUT2D eigenvalue weighted by Gasteiger charge is -2.18. The van der Waals surface area contributed by atoms with E-state index in [4.69, 9.17) is 12.2 Å². The van der Waals surface area contributed by atoms with E-state index in [9.17, 15) is 0 Å². The van der Waals surface area contributed by atoms with Crippen LogP contribution in [-0.2, 0) is 0 Å². The Kier molecular flexibility index (Phi) is 6.02. The van der Waals surface area contributed by atoms with Crippen molar-refractivity contribution >= 4 is 23.4 Å². The SMILES string of the molecule is CCCCCCN(C=S)c1ccccc1. The molecule has 2 heteroatoms. The minimum Gasteiger partial charge on any atom is -0.339 e. The van der Waals surface area contributed by atoms with Crippen LogP contribution in [0.2, 0.25) is 0 Å². The third kappa shape index (κ3) is 4.43. The lowest BCUT2D eigenvalue weighted by atomic mass is 10.2. The molecule has 0 amide bonds. The Labute approximate surface area is 98.1 Å². The molecule has 0 radical (unpaired) electrons. The quantitative estimate of drug-likeness (QED) is 0.505. The second kappa shape index (κ2) is 7.41. The molecule has 0 saturated carbocycles. The number of nitrogens with zero attached hydrogens (tertiary/aromatic N) is 1. The number of benzene rings is 1. The molecule has 1 nitrogen and oxygen atoms in total. The van der Waals surface area contributed by atoms with E-state index >= 15 is 0 Å². The highest BCUT2D eigenvalue weighted by Gasteiger charge is 2.01. The molecule has 0 aliphatic rings. The molecular weight excluding hydrogens is 202 g/mol. The summed E-state index contributed by atoms with van der Waals surface area (Å²) < 4.78 is 0. The molecule has 0 aliphatic carbocycles. The maximum absolute atomic E-state index is 5.03. The van der Waals surface area contributed by atoms with Crippen molar-refractivity contribution in [3.8, 4) is 0 Å². The van der Waals surface area contributed by atoms with Gasteiger partial charge < -0.3 is 4.90 Å². The molecule has 1 rings (SSSR count). The highest BCUT2D eigenvalue weighted by atomic mass is 32.1. The Bertz CT molecular complexity index is 271. The molecule has 0 N–H and O–H groups in total. The van der Waals surface area contributed by atoms with Crippen molar-refractivity contribution in [1.82, 2.24) is 0 Å². The van der Waals surface area contributed by atoms with E-state index in [1.54, 1.807) is 5.49 Å². The lowest BCUT2D eigenvalue weighted by molar-refractivity contribution is 0.673. The van der Waals surface area contributed by atoms with Crippen LogP contribution in [0.15, 0.2) is 30.3 Å². The van der Waals surface area contributed by atoms with E-state index in [1.807, 2.05) is 18.2 Å². The first-order chi connectivity index (χ1) is 7.38. The van der Waals surface area contributed by atoms with Gasteiger partial charge in [-0.25, -0.2) is 0 Å². The molecule has 0 saturated heterocycles. The number of hydrogen-bond acceptors (Lipinski definition) is 1. The molecule has 0 unspecified atom stereocenters. The molecule has 0 aliphatic heterocycles. The predicted molar refractivity (Wildman–Crippen MR) is 71.6 cm³/mol. The van der Waals surface area contributed by atoms with Gasteiger partial charge in [0.25, 0.3) is 0 Å². The fourth-order valence-electron chi connectivity index (χ4n) is 1.57. The van der Waals surface area contributed by atoms with Gasteiger partial charge in [-0.3, -0.25) is 0 Å². The maximum Gasteiger partial charge on any atom is 0.0685 e. The van der Waals surface area contributed by atoms with Gasteiger partial charge in [-0.2, -0.15) is 0 Å². The summed E-state index contributed by atoms with van der Waals surface area (Å²) in [6.45, 7) is 3.27. The summed E-state index contributed by atoms with van der Waals surface area (Å²) >= 11 is 5.03. The van der Waals surface area contributed by atoms with Gasteiger partial charge >= 0.3 is 0 Å². The summed E-state index contributed by atoms with van der Waals surface area (Å²) in [6.07, 6.45) is 5.11. The average Bonchev–Trinajstić information content (AvgIpc) is 2.30. The van der Waals surface area contributed by atoms with E-state index in [0.717, 1.165) is 6.54 Å². The Hall–Kier alpha value is -0.890. The molecular formula is C13H19NS. The summed E-state index contributed by atoms with van der Waals surface area (Å²) in [6, 6.07) is 10.3. The van der Waals surface area contributed by atoms with Crippen LogP contribution >= 0.6 is 12.2 Å². The van der Waals surface area contributed by atoms with Crippen LogP contribution in [-0.4, -0.2) is 12.0 Å². The minimum atomic E-state index is 1.04. The molecule has 0 bridgehead atoms. The van der Waals surface area contributed by atoms with Crippen LogP contribution in [0.3, 0.4) is 0 Å². The van der Waals surface area contributed by atoms with E-state index < -0.39 is 0 Å². The van der Waals surface area contributed by atoms with Crippen molar-refractivity contribution in [3.63, 3.8) is 0 Å². The molecule has 0 aromatic heterocycles. The van der Waals surface area contributed by atoms with E-state index in [2.05, 4.69) is 24.0 Å². The maximum atomic E-state index is 5.03. The number of anilines is 1. The number of unbranched alkanes of at least 4 members (excludes halogenated alkanes) is 3. The molecule has 0 fully saturated rings. The Morgan fingerprint density at radius 3 is 2.47 bits per heavy atom. The zero-order chi connectivity index (χ0) is 10.9. The van der Waals surface area contributed by atoms with Crippen molar-refractivity contribution in [2.75, 3.05) is 11.4 Å². The van der Waals surface area contributed by atoms with Crippen LogP contribution in [0.25, 0.3) is 0 Å². The van der Waals surface area contributed by atoms with E-state index in [1.165, 1.54) is 31.4 Å². The minimum absolute atomic E-state index is 1.04. The van der Waals surface area contributed by atoms with Crippen molar-refractivity contribution in [3.05, 3.63) is 30.3 Å². The molecule has 1 aromatic carbocycles. The zero-order valence-electron chi connectivity index (χ0n) is 9.36. The standard InChI is InChI=1S/C13H19NS/c1-2-3-4-8-11-14(12-15)13-9-6-5-7-10-13/h5-7,9-10,12H,2-4,8,11H2,1H3. The third-order valence-electron chi connectivity index (χ3n) is 2.47. The number of rotatable bonds is 7. The van der Waals surface area contributed by atoms with Gasteiger partial charge in [0.1, 0.15) is 0 Å². The number of thiocarbonyl (C=S) groups is 1. The first kappa shape index (κ1) is 12.2. The summed E-state index contributed by atoms with van der Waals surface area (Å²) in [7, 11) is 0. The molecule has 15 heavy (non-hydrogen) atoms. The Morgan fingerprint density at radius 2 is 1.87 bits per heavy atom. The lowest BCUT2D eigenvalue weighted by Crippen LogP contribution is -2.21. The van der Waals surface area contributed by atoms with Gasteiger partial charge in [0.2, 0.25) is 0 Å². The summed E-state index contributed by atoms with van der Waals surface area (Å²) in [4.78, 5) is 2.14. The second-order valence-corrected chi connectivity index (χ2v) is 3.91. The summed E-state index contributed by atoms with van der Waals surface area (Å²) in [5.74, 6) is 0. The molecule has 0 atom stereocenters. The van der Waals surface area contributed by atoms with Gasteiger partial charge in [0.15, 0.2) is 0 Å². The molecule has 0 heterocycles. The topological polar surface area (TPSA) is 3.24 Å². The first-order valence-electron chi connectivity index (χ1n) is 5.65. The van der Waals surface area contributed by atoms with Crippen molar-refractivity contribution in [2.24, 2.45) is 0 Å². The van der Waals surface area contributed by atoms with Crippen molar-refractivity contribution < 1.29 is 0 Å². The van der Waals surface area contributed by atoms with Crippen LogP contribution in [0.1, 0.15) is 32.6 Å². The van der Waals surface area contributed by atoms with Crippen LogP contribution in [0, 0.1) is 0 Å². The number of para-hydroxylation sites is 1. The average molecular weight is 221 g/mol. The highest BCUT2D eigenvalue weighted by Crippen LogP contribution is 2.12. The fourth-order valence-corrected chi connectivity index (χ4v) is 1.80. The number of hydrogen-bond donors (Lipinski definition) is 0. The highest BCUT2D eigenvalue weighted by molar-refractivity contribution is 7.79. The summed E-state index contributed by atoms with van der Waals surface area (Å²) in [5, 5.41) is 0. The van der Waals surface area contributed by atoms with Crippen molar-refractivity contribution in [2.45, 2.75) is 32.6 Å². The molecule has 82 valence electrons. The monoisotopic (exact) mass is 221 g/mol. The Morgan fingerprint density at radius 1 is 1.13 bits per heavy atom. The van der Waals surface area contributed by atoms with Crippen molar-refractivity contribution in [1.29, 1.82) is 0 Å².